The lowest BCUT2D eigenvalue weighted by atomic mass is 9.94. The molecule has 0 saturated carbocycles. The highest BCUT2D eigenvalue weighted by atomic mass is 35.5. The van der Waals surface area contributed by atoms with Gasteiger partial charge >= 0.3 is 0 Å². The Kier molecular flexibility index (Phi) is 7.34. The molecule has 0 unspecified atom stereocenters. The van der Waals surface area contributed by atoms with E-state index in [4.69, 9.17) is 5.10 Å². The summed E-state index contributed by atoms with van der Waals surface area (Å²) in [4.78, 5) is 28.5. The summed E-state index contributed by atoms with van der Waals surface area (Å²) in [5.41, 5.74) is 4.61. The molecular formula is C26H30ClN5O2. The molecule has 5 rings (SSSR count). The quantitative estimate of drug-likeness (QED) is 0.375. The monoisotopic (exact) mass is 479 g/mol. The topological polar surface area (TPSA) is 91.3 Å². The number of anilines is 1. The van der Waals surface area contributed by atoms with Gasteiger partial charge in [0, 0.05) is 17.5 Å². The van der Waals surface area contributed by atoms with Gasteiger partial charge in [-0.05, 0) is 68.6 Å². The summed E-state index contributed by atoms with van der Waals surface area (Å²) in [5, 5.41) is 11.9. The highest BCUT2D eigenvalue weighted by Crippen LogP contribution is 2.30. The summed E-state index contributed by atoms with van der Waals surface area (Å²) in [6.07, 6.45) is 5.24. The zero-order chi connectivity index (χ0) is 22.8. The zero-order valence-corrected chi connectivity index (χ0v) is 20.1. The number of unbranched alkanes of at least 4 members (excludes halogenated alkanes) is 1. The Morgan fingerprint density at radius 1 is 1.15 bits per heavy atom. The van der Waals surface area contributed by atoms with Crippen LogP contribution in [-0.2, 0) is 6.42 Å². The van der Waals surface area contributed by atoms with Crippen LogP contribution in [-0.4, -0.2) is 33.6 Å². The molecule has 0 radical (unpaired) electrons. The minimum absolute atomic E-state index is 0. The number of nitrogens with one attached hydrogen (secondary N) is 3. The van der Waals surface area contributed by atoms with Crippen molar-refractivity contribution in [1.82, 2.24) is 19.9 Å². The van der Waals surface area contributed by atoms with Crippen molar-refractivity contribution in [3.05, 3.63) is 75.7 Å². The first-order valence-electron chi connectivity index (χ1n) is 11.8. The molecule has 3 heterocycles. The molecule has 0 aliphatic carbocycles. The number of carbonyl (C=O) groups excluding carboxylic acids is 1. The predicted octanol–water partition coefficient (Wildman–Crippen LogP) is 4.66. The molecule has 1 aliphatic heterocycles. The Balaban J connectivity index is 0.00000274. The Morgan fingerprint density at radius 3 is 2.65 bits per heavy atom. The molecule has 2 aromatic carbocycles. The second-order valence-corrected chi connectivity index (χ2v) is 8.80. The Hall–Kier alpha value is -3.16. The Morgan fingerprint density at radius 2 is 1.91 bits per heavy atom. The van der Waals surface area contributed by atoms with Crippen LogP contribution in [0.25, 0.3) is 16.6 Å². The lowest BCUT2D eigenvalue weighted by molar-refractivity contribution is 0.102. The van der Waals surface area contributed by atoms with Gasteiger partial charge in [0.2, 0.25) is 0 Å². The van der Waals surface area contributed by atoms with Gasteiger partial charge < -0.3 is 15.6 Å². The first-order chi connectivity index (χ1) is 16.1. The van der Waals surface area contributed by atoms with Crippen LogP contribution in [0.4, 0.5) is 5.69 Å². The molecule has 34 heavy (non-hydrogen) atoms. The van der Waals surface area contributed by atoms with Gasteiger partial charge in [0.15, 0.2) is 0 Å². The number of amides is 1. The summed E-state index contributed by atoms with van der Waals surface area (Å²) in [6, 6.07) is 15.1. The van der Waals surface area contributed by atoms with Crippen molar-refractivity contribution in [2.24, 2.45) is 0 Å². The van der Waals surface area contributed by atoms with Crippen LogP contribution in [0.5, 0.6) is 0 Å². The summed E-state index contributed by atoms with van der Waals surface area (Å²) in [5.74, 6) is 0.0929. The second-order valence-electron chi connectivity index (χ2n) is 8.80. The number of piperidine rings is 1. The Labute approximate surface area is 204 Å². The van der Waals surface area contributed by atoms with Gasteiger partial charge in [0.1, 0.15) is 5.65 Å². The van der Waals surface area contributed by atoms with Gasteiger partial charge in [0.25, 0.3) is 11.5 Å². The van der Waals surface area contributed by atoms with E-state index in [0.29, 0.717) is 16.9 Å². The van der Waals surface area contributed by atoms with Gasteiger partial charge in [-0.25, -0.2) is 4.52 Å². The number of hydrogen-bond acceptors (Lipinski definition) is 4. The highest BCUT2D eigenvalue weighted by Gasteiger charge is 2.22. The largest absolute Gasteiger partial charge is 0.321 e. The highest BCUT2D eigenvalue weighted by molar-refractivity contribution is 6.11. The van der Waals surface area contributed by atoms with Crippen molar-refractivity contribution >= 4 is 40.6 Å². The fraction of sp³-hybridized carbons (Fsp3) is 0.346. The maximum Gasteiger partial charge on any atom is 0.255 e. The van der Waals surface area contributed by atoms with Crippen molar-refractivity contribution in [1.29, 1.82) is 0 Å². The van der Waals surface area contributed by atoms with E-state index in [2.05, 4.69) is 22.5 Å². The lowest BCUT2D eigenvalue weighted by Crippen LogP contribution is -2.28. The number of aromatic nitrogens is 3. The van der Waals surface area contributed by atoms with Gasteiger partial charge in [-0.2, -0.15) is 5.10 Å². The molecule has 1 aliphatic rings. The molecule has 0 atom stereocenters. The van der Waals surface area contributed by atoms with E-state index in [0.717, 1.165) is 61.8 Å². The van der Waals surface area contributed by atoms with Crippen LogP contribution in [0.1, 0.15) is 60.1 Å². The fourth-order valence-electron chi connectivity index (χ4n) is 4.70. The van der Waals surface area contributed by atoms with E-state index in [9.17, 15) is 9.59 Å². The van der Waals surface area contributed by atoms with Crippen molar-refractivity contribution < 1.29 is 4.79 Å². The van der Waals surface area contributed by atoms with E-state index in [1.165, 1.54) is 5.56 Å². The number of rotatable bonds is 6. The number of H-pyrrole nitrogens is 1. The third kappa shape index (κ3) is 4.72. The minimum atomic E-state index is -0.180. The van der Waals surface area contributed by atoms with Crippen molar-refractivity contribution in [2.75, 3.05) is 18.4 Å². The van der Waals surface area contributed by atoms with E-state index in [1.807, 2.05) is 47.0 Å². The zero-order valence-electron chi connectivity index (χ0n) is 19.3. The third-order valence-corrected chi connectivity index (χ3v) is 6.50. The van der Waals surface area contributed by atoms with Gasteiger partial charge in [0.05, 0.1) is 22.3 Å². The number of hydrogen-bond donors (Lipinski definition) is 3. The van der Waals surface area contributed by atoms with Gasteiger partial charge in [-0.3, -0.25) is 9.59 Å². The Bertz CT molecular complexity index is 1350. The number of fused-ring (bicyclic) bond motifs is 3. The van der Waals surface area contributed by atoms with Crippen LogP contribution in [0, 0.1) is 0 Å². The molecule has 1 saturated heterocycles. The van der Waals surface area contributed by atoms with E-state index >= 15 is 0 Å². The maximum absolute atomic E-state index is 13.0. The molecule has 178 valence electrons. The molecule has 2 aromatic heterocycles. The van der Waals surface area contributed by atoms with Crippen molar-refractivity contribution in [3.8, 4) is 0 Å². The maximum atomic E-state index is 13.0. The number of benzene rings is 2. The third-order valence-electron chi connectivity index (χ3n) is 6.50. The first kappa shape index (κ1) is 24.0. The average Bonchev–Trinajstić information content (AvgIpc) is 3.22. The number of aryl methyl sites for hydroxylation is 1. The number of nitrogens with zero attached hydrogens (tertiary/aromatic N) is 2. The molecule has 0 bridgehead atoms. The van der Waals surface area contributed by atoms with Gasteiger partial charge in [-0.15, -0.1) is 12.4 Å². The normalized spacial score (nSPS) is 14.3. The number of aromatic amines is 1. The smallest absolute Gasteiger partial charge is 0.255 e. The van der Waals surface area contributed by atoms with E-state index in [1.54, 1.807) is 6.07 Å². The number of carbonyl (C=O) groups is 1. The average molecular weight is 480 g/mol. The molecule has 7 nitrogen and oxygen atoms in total. The first-order valence-corrected chi connectivity index (χ1v) is 11.8. The van der Waals surface area contributed by atoms with Crippen molar-refractivity contribution in [3.63, 3.8) is 0 Å². The standard InChI is InChI=1S/C26H29N5O2.ClH/c1-2-3-5-17-8-10-19(11-9-17)26(33)28-20-6-4-7-21-24(20)25-29-23(32)16-22(31(25)30-21)18-12-14-27-15-13-18;/h4,6-11,16,18,27H,2-3,5,12-15H2,1H3,(H,28,33)(H,29,32);1H. The molecule has 1 amide bonds. The minimum Gasteiger partial charge on any atom is -0.321 e. The number of halogens is 1. The summed E-state index contributed by atoms with van der Waals surface area (Å²) < 4.78 is 1.85. The van der Waals surface area contributed by atoms with Crippen LogP contribution < -0.4 is 16.2 Å². The molecule has 4 aromatic rings. The second kappa shape index (κ2) is 10.4. The SMILES string of the molecule is CCCCc1ccc(C(=O)Nc2cccc3nn4c(C5CCNCC5)cc(=O)[nH]c4c23)cc1.Cl. The summed E-state index contributed by atoms with van der Waals surface area (Å²) >= 11 is 0. The molecule has 8 heteroatoms. The molecule has 0 spiro atoms. The summed E-state index contributed by atoms with van der Waals surface area (Å²) in [7, 11) is 0. The molecule has 1 fully saturated rings. The molecular weight excluding hydrogens is 450 g/mol. The van der Waals surface area contributed by atoms with E-state index in [-0.39, 0.29) is 29.8 Å². The van der Waals surface area contributed by atoms with Crippen LogP contribution >= 0.6 is 12.4 Å². The van der Waals surface area contributed by atoms with Crippen LogP contribution in [0.3, 0.4) is 0 Å². The molecule has 3 N–H and O–H groups in total. The predicted molar refractivity (Wildman–Crippen MR) is 138 cm³/mol. The van der Waals surface area contributed by atoms with E-state index < -0.39 is 0 Å². The fourth-order valence-corrected chi connectivity index (χ4v) is 4.70. The van der Waals surface area contributed by atoms with Crippen LogP contribution in [0.2, 0.25) is 0 Å². The van der Waals surface area contributed by atoms with Gasteiger partial charge in [-0.1, -0.05) is 31.5 Å². The lowest BCUT2D eigenvalue weighted by Gasteiger charge is -2.23. The summed E-state index contributed by atoms with van der Waals surface area (Å²) in [6.45, 7) is 4.03. The van der Waals surface area contributed by atoms with Crippen molar-refractivity contribution in [2.45, 2.75) is 44.9 Å². The van der Waals surface area contributed by atoms with Crippen LogP contribution in [0.15, 0.2) is 53.3 Å².